The van der Waals surface area contributed by atoms with Crippen molar-refractivity contribution in [2.24, 2.45) is 11.8 Å². The Labute approximate surface area is 214 Å². The van der Waals surface area contributed by atoms with Crippen molar-refractivity contribution in [3.8, 4) is 0 Å². The van der Waals surface area contributed by atoms with Crippen LogP contribution in [-0.4, -0.2) is 81.8 Å². The molecule has 4 heterocycles. The van der Waals surface area contributed by atoms with Crippen molar-refractivity contribution in [2.45, 2.75) is 95.4 Å². The fourth-order valence-electron chi connectivity index (χ4n) is 6.47. The molecule has 200 valence electrons. The lowest BCUT2D eigenvalue weighted by Crippen LogP contribution is -2.59. The third-order valence-corrected chi connectivity index (χ3v) is 8.25. The van der Waals surface area contributed by atoms with Gasteiger partial charge in [-0.25, -0.2) is 0 Å². The molecule has 0 aliphatic carbocycles. The zero-order valence-electron chi connectivity index (χ0n) is 22.2. The van der Waals surface area contributed by atoms with E-state index in [4.69, 9.17) is 14.6 Å². The quantitative estimate of drug-likeness (QED) is 0.327. The Kier molecular flexibility index (Phi) is 7.68. The van der Waals surface area contributed by atoms with Crippen molar-refractivity contribution in [1.82, 2.24) is 9.80 Å². The number of unbranched alkanes of at least 4 members (excludes halogenated alkanes) is 3. The Bertz CT molecular complexity index is 923. The summed E-state index contributed by atoms with van der Waals surface area (Å²) in [5, 5.41) is 9.11. The molecule has 0 bridgehead atoms. The number of hydrogen-bond donors (Lipinski definition) is 1. The highest BCUT2D eigenvalue weighted by Crippen LogP contribution is 2.58. The van der Waals surface area contributed by atoms with E-state index in [1.807, 2.05) is 52.0 Å². The van der Waals surface area contributed by atoms with Gasteiger partial charge in [-0.1, -0.05) is 44.1 Å². The van der Waals surface area contributed by atoms with E-state index < -0.39 is 40.6 Å². The molecule has 1 spiro atoms. The molecule has 5 atom stereocenters. The molecule has 4 aliphatic rings. The minimum absolute atomic E-state index is 0.143. The maximum Gasteiger partial charge on any atom is 0.313 e. The van der Waals surface area contributed by atoms with Crippen molar-refractivity contribution in [3.05, 3.63) is 24.3 Å². The number of likely N-dealkylation sites (tertiary alicyclic amines) is 1. The van der Waals surface area contributed by atoms with Gasteiger partial charge in [0.05, 0.1) is 12.5 Å². The van der Waals surface area contributed by atoms with Gasteiger partial charge in [0.2, 0.25) is 11.8 Å². The van der Waals surface area contributed by atoms with Crippen LogP contribution in [0, 0.1) is 11.8 Å². The lowest BCUT2D eigenvalue weighted by atomic mass is 9.73. The van der Waals surface area contributed by atoms with Gasteiger partial charge < -0.3 is 24.4 Å². The molecule has 8 nitrogen and oxygen atoms in total. The molecule has 0 aromatic carbocycles. The number of nitrogens with zero attached hydrogens (tertiary/aromatic N) is 2. The van der Waals surface area contributed by atoms with Crippen LogP contribution in [-0.2, 0) is 23.9 Å². The normalized spacial score (nSPS) is 35.4. The average molecular weight is 503 g/mol. The second-order valence-corrected chi connectivity index (χ2v) is 11.5. The monoisotopic (exact) mass is 502 g/mol. The first-order chi connectivity index (χ1) is 17.1. The molecule has 1 unspecified atom stereocenters. The van der Waals surface area contributed by atoms with Crippen LogP contribution in [0.4, 0.5) is 0 Å². The van der Waals surface area contributed by atoms with E-state index in [1.54, 1.807) is 9.80 Å². The molecule has 36 heavy (non-hydrogen) atoms. The molecular formula is C28H42N2O6. The fourth-order valence-corrected chi connectivity index (χ4v) is 6.47. The van der Waals surface area contributed by atoms with E-state index in [2.05, 4.69) is 0 Å². The predicted molar refractivity (Wildman–Crippen MR) is 135 cm³/mol. The highest BCUT2D eigenvalue weighted by molar-refractivity contribution is 5.99. The number of carbonyl (C=O) groups is 3. The maximum atomic E-state index is 14.2. The second kappa shape index (κ2) is 10.3. The fraction of sp³-hybridized carbons (Fsp3) is 0.750. The number of amides is 2. The summed E-state index contributed by atoms with van der Waals surface area (Å²) in [5.41, 5.74) is -2.68. The number of allylic oxidation sites excluding steroid dienone is 1. The summed E-state index contributed by atoms with van der Waals surface area (Å²) in [6.45, 7) is 9.20. The van der Waals surface area contributed by atoms with E-state index in [-0.39, 0.29) is 18.4 Å². The smallest absolute Gasteiger partial charge is 0.313 e. The summed E-state index contributed by atoms with van der Waals surface area (Å²) in [7, 11) is 0. The minimum atomic E-state index is -1.23. The Morgan fingerprint density at radius 1 is 1.03 bits per heavy atom. The number of ether oxygens (including phenoxy) is 2. The van der Waals surface area contributed by atoms with E-state index in [0.717, 1.165) is 25.7 Å². The molecule has 1 N–H and O–H groups in total. The largest absolute Gasteiger partial charge is 0.465 e. The topological polar surface area (TPSA) is 96.4 Å². The van der Waals surface area contributed by atoms with Crippen LogP contribution >= 0.6 is 0 Å². The van der Waals surface area contributed by atoms with E-state index in [0.29, 0.717) is 39.0 Å². The maximum absolute atomic E-state index is 14.2. The molecule has 4 aliphatic heterocycles. The molecule has 4 rings (SSSR count). The summed E-state index contributed by atoms with van der Waals surface area (Å²) in [5.74, 6) is -2.41. The van der Waals surface area contributed by atoms with Crippen LogP contribution < -0.4 is 0 Å². The van der Waals surface area contributed by atoms with Crippen LogP contribution in [0.25, 0.3) is 0 Å². The standard InChI is InChI=1S/C28H42N2O6/c1-5-27-14-9-8-12-19-35-25(34)21(27)20-23(32)29(16-10-6-7-11-18-31)22-24(33)30(26(2,3)4)17-13-15-28(20,22)36-27/h9,13-15,20-22,31H,5-8,10-12,16-19H2,1-4H3/b14-9-/t20-,21+,22?,27-,28-/m0/s1. The molecule has 0 aromatic rings. The third kappa shape index (κ3) is 4.40. The number of cyclic esters (lactones) is 1. The van der Waals surface area contributed by atoms with Crippen LogP contribution in [0.1, 0.15) is 72.6 Å². The lowest BCUT2D eigenvalue weighted by molar-refractivity contribution is -0.162. The Morgan fingerprint density at radius 3 is 2.47 bits per heavy atom. The first-order valence-electron chi connectivity index (χ1n) is 13.6. The van der Waals surface area contributed by atoms with E-state index >= 15 is 0 Å². The molecule has 0 aromatic heterocycles. The van der Waals surface area contributed by atoms with Crippen LogP contribution in [0.5, 0.6) is 0 Å². The Balaban J connectivity index is 1.80. The van der Waals surface area contributed by atoms with Gasteiger partial charge in [0.1, 0.15) is 23.2 Å². The highest BCUT2D eigenvalue weighted by atomic mass is 16.6. The number of fused-ring (bicyclic) bond motifs is 2. The summed E-state index contributed by atoms with van der Waals surface area (Å²) < 4.78 is 12.6. The summed E-state index contributed by atoms with van der Waals surface area (Å²) >= 11 is 0. The van der Waals surface area contributed by atoms with Gasteiger partial charge in [0.25, 0.3) is 0 Å². The first kappa shape index (κ1) is 26.9. The Hall–Kier alpha value is -2.19. The number of hydrogen-bond acceptors (Lipinski definition) is 6. The van der Waals surface area contributed by atoms with Gasteiger partial charge in [-0.05, 0) is 52.9 Å². The Morgan fingerprint density at radius 2 is 1.78 bits per heavy atom. The van der Waals surface area contributed by atoms with Crippen LogP contribution in [0.15, 0.2) is 24.3 Å². The van der Waals surface area contributed by atoms with Crippen molar-refractivity contribution in [1.29, 1.82) is 0 Å². The van der Waals surface area contributed by atoms with E-state index in [1.165, 1.54) is 0 Å². The van der Waals surface area contributed by atoms with Gasteiger partial charge >= 0.3 is 5.97 Å². The summed E-state index contributed by atoms with van der Waals surface area (Å²) in [4.78, 5) is 45.4. The summed E-state index contributed by atoms with van der Waals surface area (Å²) in [6.07, 6.45) is 12.9. The van der Waals surface area contributed by atoms with Gasteiger partial charge in [-0.3, -0.25) is 14.4 Å². The molecular weight excluding hydrogens is 460 g/mol. The average Bonchev–Trinajstić information content (AvgIpc) is 3.19. The van der Waals surface area contributed by atoms with Gasteiger partial charge in [0.15, 0.2) is 0 Å². The van der Waals surface area contributed by atoms with Crippen LogP contribution in [0.2, 0.25) is 0 Å². The minimum Gasteiger partial charge on any atom is -0.465 e. The molecule has 8 heteroatoms. The lowest BCUT2D eigenvalue weighted by Gasteiger charge is -2.41. The number of aliphatic hydroxyl groups is 1. The molecule has 0 radical (unpaired) electrons. The number of aliphatic hydroxyl groups excluding tert-OH is 1. The third-order valence-electron chi connectivity index (χ3n) is 8.25. The van der Waals surface area contributed by atoms with E-state index in [9.17, 15) is 14.4 Å². The molecule has 0 saturated carbocycles. The van der Waals surface area contributed by atoms with Gasteiger partial charge in [-0.2, -0.15) is 0 Å². The number of rotatable bonds is 7. The van der Waals surface area contributed by atoms with Crippen molar-refractivity contribution < 1.29 is 29.0 Å². The van der Waals surface area contributed by atoms with Crippen molar-refractivity contribution in [3.63, 3.8) is 0 Å². The first-order valence-corrected chi connectivity index (χ1v) is 13.6. The number of carbonyl (C=O) groups excluding carboxylic acids is 3. The molecule has 2 amide bonds. The van der Waals surface area contributed by atoms with Gasteiger partial charge in [0, 0.05) is 25.2 Å². The van der Waals surface area contributed by atoms with Crippen molar-refractivity contribution >= 4 is 17.8 Å². The van der Waals surface area contributed by atoms with Gasteiger partial charge in [-0.15, -0.1) is 0 Å². The summed E-state index contributed by atoms with van der Waals surface area (Å²) in [6, 6.07) is -0.842. The SMILES string of the molecule is CC[C@]12/C=C\CCCOC(=O)[C@H]1[C@H]1C(=O)N(CCCCCCO)C3C(=O)N(C(C)(C)C)CC=C[C@@]31O2. The zero-order valence-corrected chi connectivity index (χ0v) is 22.2. The van der Waals surface area contributed by atoms with Crippen molar-refractivity contribution in [2.75, 3.05) is 26.3 Å². The highest BCUT2D eigenvalue weighted by Gasteiger charge is 2.75. The second-order valence-electron chi connectivity index (χ2n) is 11.5. The van der Waals surface area contributed by atoms with Crippen LogP contribution in [0.3, 0.4) is 0 Å². The zero-order chi connectivity index (χ0) is 26.1. The molecule has 2 saturated heterocycles. The molecule has 2 fully saturated rings. The number of esters is 1. The predicted octanol–water partition coefficient (Wildman–Crippen LogP) is 2.99.